The largest absolute Gasteiger partial charge is 0.496 e. The van der Waals surface area contributed by atoms with Gasteiger partial charge in [-0.25, -0.2) is 13.6 Å². The van der Waals surface area contributed by atoms with E-state index in [4.69, 9.17) is 9.47 Å². The predicted molar refractivity (Wildman–Crippen MR) is 153 cm³/mol. The summed E-state index contributed by atoms with van der Waals surface area (Å²) < 4.78 is 82.7. The summed E-state index contributed by atoms with van der Waals surface area (Å²) in [5.74, 6) is -5.57. The minimum Gasteiger partial charge on any atom is -0.496 e. The summed E-state index contributed by atoms with van der Waals surface area (Å²) in [4.78, 5) is 35.1. The molecule has 14 heteroatoms. The lowest BCUT2D eigenvalue weighted by Gasteiger charge is -2.35. The van der Waals surface area contributed by atoms with Crippen LogP contribution in [0.4, 0.5) is 27.6 Å². The number of pyridine rings is 2. The van der Waals surface area contributed by atoms with Crippen LogP contribution in [0.15, 0.2) is 54.9 Å². The Kier molecular flexibility index (Phi) is 8.87. The normalized spacial score (nSPS) is 16.0. The number of amides is 1. The number of aromatic nitrogens is 2. The van der Waals surface area contributed by atoms with Gasteiger partial charge in [-0.05, 0) is 36.8 Å². The van der Waals surface area contributed by atoms with Gasteiger partial charge in [0.1, 0.15) is 34.6 Å². The van der Waals surface area contributed by atoms with Gasteiger partial charge in [-0.3, -0.25) is 14.8 Å². The number of aliphatic carboxylic acids is 1. The van der Waals surface area contributed by atoms with Crippen molar-refractivity contribution in [3.05, 3.63) is 83.2 Å². The first-order valence-corrected chi connectivity index (χ1v) is 13.7. The van der Waals surface area contributed by atoms with Crippen molar-refractivity contribution in [3.63, 3.8) is 0 Å². The number of carbonyl (C=O) groups excluding carboxylic acids is 1. The molecule has 0 radical (unpaired) electrons. The Morgan fingerprint density at radius 3 is 2.51 bits per heavy atom. The lowest BCUT2D eigenvalue weighted by molar-refractivity contribution is -0.139. The van der Waals surface area contributed by atoms with Crippen molar-refractivity contribution in [1.29, 1.82) is 0 Å². The number of carbonyl (C=O) groups is 2. The first-order valence-electron chi connectivity index (χ1n) is 13.7. The van der Waals surface area contributed by atoms with Gasteiger partial charge in [0.05, 0.1) is 31.5 Å². The Labute approximate surface area is 253 Å². The number of hydrogen-bond acceptors (Lipinski definition) is 7. The molecule has 1 aliphatic rings. The van der Waals surface area contributed by atoms with E-state index < -0.39 is 58.3 Å². The molecule has 2 N–H and O–H groups in total. The van der Waals surface area contributed by atoms with Gasteiger partial charge in [-0.15, -0.1) is 0 Å². The van der Waals surface area contributed by atoms with Crippen molar-refractivity contribution in [1.82, 2.24) is 15.3 Å². The number of morpholine rings is 1. The maximum absolute atomic E-state index is 15.1. The minimum absolute atomic E-state index is 0.00954. The summed E-state index contributed by atoms with van der Waals surface area (Å²) in [6.07, 6.45) is -2.69. The lowest BCUT2D eigenvalue weighted by Crippen LogP contribution is -2.44. The summed E-state index contributed by atoms with van der Waals surface area (Å²) >= 11 is 0. The van der Waals surface area contributed by atoms with Crippen LogP contribution in [-0.4, -0.2) is 65.9 Å². The second-order valence-electron chi connectivity index (χ2n) is 10.4. The van der Waals surface area contributed by atoms with Gasteiger partial charge in [0.15, 0.2) is 0 Å². The lowest BCUT2D eigenvalue weighted by atomic mass is 9.95. The molecule has 2 aromatic carbocycles. The smallest absolute Gasteiger partial charge is 0.422 e. The number of nitrogens with one attached hydrogen (secondary N) is 1. The maximum Gasteiger partial charge on any atom is 0.422 e. The number of carboxylic acid groups (broad SMARTS) is 1. The van der Waals surface area contributed by atoms with E-state index in [0.29, 0.717) is 25.3 Å². The van der Waals surface area contributed by atoms with Crippen LogP contribution in [0, 0.1) is 11.6 Å². The quantitative estimate of drug-likeness (QED) is 0.254. The molecule has 2 atom stereocenters. The van der Waals surface area contributed by atoms with Gasteiger partial charge in [-0.1, -0.05) is 18.2 Å². The van der Waals surface area contributed by atoms with Gasteiger partial charge in [0, 0.05) is 48.0 Å². The van der Waals surface area contributed by atoms with Crippen LogP contribution in [-0.2, 0) is 22.1 Å². The monoisotopic (exact) mass is 630 g/mol. The van der Waals surface area contributed by atoms with Crippen molar-refractivity contribution in [2.24, 2.45) is 0 Å². The number of rotatable bonds is 8. The molecule has 3 heterocycles. The van der Waals surface area contributed by atoms with Gasteiger partial charge in [-0.2, -0.15) is 13.2 Å². The number of hydrogen-bond donors (Lipinski definition) is 2. The van der Waals surface area contributed by atoms with E-state index in [1.54, 1.807) is 4.90 Å². The number of nitrogens with zero attached hydrogens (tertiary/aromatic N) is 3. The highest BCUT2D eigenvalue weighted by atomic mass is 19.4. The van der Waals surface area contributed by atoms with Crippen molar-refractivity contribution < 1.29 is 46.1 Å². The number of anilines is 1. The van der Waals surface area contributed by atoms with Crippen LogP contribution < -0.4 is 15.0 Å². The van der Waals surface area contributed by atoms with E-state index >= 15 is 8.78 Å². The predicted octanol–water partition coefficient (Wildman–Crippen LogP) is 5.25. The first-order chi connectivity index (χ1) is 21.4. The third-order valence-corrected chi connectivity index (χ3v) is 7.51. The molecule has 1 fully saturated rings. The van der Waals surface area contributed by atoms with E-state index in [-0.39, 0.29) is 34.6 Å². The Morgan fingerprint density at radius 1 is 1.13 bits per heavy atom. The average Bonchev–Trinajstić information content (AvgIpc) is 2.99. The molecule has 0 spiro atoms. The zero-order valence-electron chi connectivity index (χ0n) is 24.0. The molecule has 1 amide bonds. The molecule has 2 aromatic heterocycles. The summed E-state index contributed by atoms with van der Waals surface area (Å²) in [5, 5.41) is 12.4. The molecule has 9 nitrogen and oxygen atoms in total. The Morgan fingerprint density at radius 2 is 1.87 bits per heavy atom. The zero-order valence-corrected chi connectivity index (χ0v) is 24.0. The summed E-state index contributed by atoms with van der Waals surface area (Å²) in [5.41, 5.74) is -1.90. The molecule has 0 aliphatic carbocycles. The molecule has 1 aliphatic heterocycles. The third-order valence-electron chi connectivity index (χ3n) is 7.51. The Hall–Kier alpha value is -4.85. The molecule has 0 bridgehead atoms. The van der Waals surface area contributed by atoms with Gasteiger partial charge in [0.25, 0.3) is 5.91 Å². The van der Waals surface area contributed by atoms with E-state index in [1.807, 2.05) is 6.92 Å². The number of benzene rings is 2. The third kappa shape index (κ3) is 6.36. The highest BCUT2D eigenvalue weighted by Crippen LogP contribution is 2.43. The van der Waals surface area contributed by atoms with Crippen molar-refractivity contribution >= 4 is 28.5 Å². The first kappa shape index (κ1) is 31.6. The molecular formula is C31H27F5N4O5. The van der Waals surface area contributed by atoms with E-state index in [0.717, 1.165) is 31.5 Å². The Balaban J connectivity index is 1.47. The number of methoxy groups -OCH3 is 1. The van der Waals surface area contributed by atoms with E-state index in [2.05, 4.69) is 15.3 Å². The van der Waals surface area contributed by atoms with Crippen LogP contribution >= 0.6 is 0 Å². The summed E-state index contributed by atoms with van der Waals surface area (Å²) in [6, 6.07) is 7.02. The second-order valence-corrected chi connectivity index (χ2v) is 10.4. The van der Waals surface area contributed by atoms with Crippen molar-refractivity contribution in [2.75, 3.05) is 31.8 Å². The molecule has 236 valence electrons. The molecular weight excluding hydrogens is 603 g/mol. The highest BCUT2D eigenvalue weighted by Gasteiger charge is 2.39. The maximum atomic E-state index is 15.1. The van der Waals surface area contributed by atoms with Crippen molar-refractivity contribution in [3.8, 4) is 17.0 Å². The number of alkyl halides is 3. The summed E-state index contributed by atoms with van der Waals surface area (Å²) in [6.45, 7) is 2.93. The standard InChI is InChI=1S/C31H27F5N4O5/c1-16-15-45-11-10-40(16)18-13-21(32)25(22(33)14-18)29(41)39-23(30(42)43)12-17-5-6-20(27-19(17)4-3-8-37-27)28-26(31(34,35)36)24(44-2)7-9-38-28/h3-9,13-14,16,23H,10-12,15H2,1-2H3,(H,39,41)(H,42,43)/t16-,23-/m0/s1. The zero-order chi connectivity index (χ0) is 32.5. The van der Waals surface area contributed by atoms with Crippen LogP contribution in [0.1, 0.15) is 28.4 Å². The number of carboxylic acids is 1. The van der Waals surface area contributed by atoms with E-state index in [9.17, 15) is 27.9 Å². The fourth-order valence-corrected chi connectivity index (χ4v) is 5.40. The van der Waals surface area contributed by atoms with Gasteiger partial charge in [0.2, 0.25) is 0 Å². The van der Waals surface area contributed by atoms with Gasteiger partial charge < -0.3 is 24.8 Å². The average molecular weight is 631 g/mol. The van der Waals surface area contributed by atoms with Crippen molar-refractivity contribution in [2.45, 2.75) is 31.6 Å². The topological polar surface area (TPSA) is 114 Å². The molecule has 1 saturated heterocycles. The Bertz CT molecular complexity index is 1740. The number of fused-ring (bicyclic) bond motifs is 1. The fourth-order valence-electron chi connectivity index (χ4n) is 5.40. The second kappa shape index (κ2) is 12.6. The van der Waals surface area contributed by atoms with E-state index in [1.165, 1.54) is 30.5 Å². The van der Waals surface area contributed by atoms with Crippen LogP contribution in [0.25, 0.3) is 22.2 Å². The fraction of sp³-hybridized carbons (Fsp3) is 0.290. The molecule has 5 rings (SSSR count). The number of halogens is 5. The van der Waals surface area contributed by atoms with Crippen LogP contribution in [0.2, 0.25) is 0 Å². The molecule has 4 aromatic rings. The molecule has 0 unspecified atom stereocenters. The van der Waals surface area contributed by atoms with Crippen LogP contribution in [0.5, 0.6) is 5.75 Å². The van der Waals surface area contributed by atoms with Crippen LogP contribution in [0.3, 0.4) is 0 Å². The molecule has 0 saturated carbocycles. The highest BCUT2D eigenvalue weighted by molar-refractivity contribution is 5.98. The summed E-state index contributed by atoms with van der Waals surface area (Å²) in [7, 11) is 1.10. The molecule has 45 heavy (non-hydrogen) atoms. The minimum atomic E-state index is -4.82. The van der Waals surface area contributed by atoms with Gasteiger partial charge >= 0.3 is 12.1 Å². The number of ether oxygens (including phenoxy) is 2. The SMILES string of the molecule is COc1ccnc(-c2ccc(C[C@H](NC(=O)c3c(F)cc(N4CCOC[C@@H]4C)cc3F)C(=O)O)c3cccnc23)c1C(F)(F)F.